The van der Waals surface area contributed by atoms with Crippen molar-refractivity contribution < 1.29 is 27.0 Å². The molecule has 0 aliphatic carbocycles. The number of aromatic nitrogens is 1. The second-order valence-corrected chi connectivity index (χ2v) is 9.68. The summed E-state index contributed by atoms with van der Waals surface area (Å²) in [6, 6.07) is 2.74. The smallest absolute Gasteiger partial charge is 0.265 e. The average Bonchev–Trinajstić information content (AvgIpc) is 3.52. The first-order valence-corrected chi connectivity index (χ1v) is 11.7. The highest BCUT2D eigenvalue weighted by Gasteiger charge is 2.59. The van der Waals surface area contributed by atoms with Crippen LogP contribution in [0.4, 0.5) is 17.6 Å². The number of pyridine rings is 1. The number of alkyl halides is 3. The quantitative estimate of drug-likeness (QED) is 0.324. The van der Waals surface area contributed by atoms with Crippen LogP contribution in [0, 0.1) is 0 Å². The highest BCUT2D eigenvalue weighted by atomic mass is 32.2. The van der Waals surface area contributed by atoms with Gasteiger partial charge in [-0.2, -0.15) is 0 Å². The van der Waals surface area contributed by atoms with Crippen molar-refractivity contribution in [3.63, 3.8) is 0 Å². The summed E-state index contributed by atoms with van der Waals surface area (Å²) >= 11 is 1.15. The fourth-order valence-corrected chi connectivity index (χ4v) is 5.17. The molecule has 2 fully saturated rings. The van der Waals surface area contributed by atoms with Gasteiger partial charge in [0.1, 0.15) is 11.6 Å². The van der Waals surface area contributed by atoms with Gasteiger partial charge in [-0.05, 0) is 43.7 Å². The van der Waals surface area contributed by atoms with Crippen molar-refractivity contribution in [1.82, 2.24) is 10.3 Å². The highest BCUT2D eigenvalue weighted by Crippen LogP contribution is 2.49. The van der Waals surface area contributed by atoms with Gasteiger partial charge in [0.2, 0.25) is 0 Å². The summed E-state index contributed by atoms with van der Waals surface area (Å²) in [5.41, 5.74) is 3.60. The Morgan fingerprint density at radius 2 is 2.15 bits per heavy atom. The van der Waals surface area contributed by atoms with Gasteiger partial charge in [-0.1, -0.05) is 18.3 Å². The number of halogens is 4. The van der Waals surface area contributed by atoms with E-state index in [1.807, 2.05) is 0 Å². The lowest BCUT2D eigenvalue weighted by molar-refractivity contribution is -0.0884. The Bertz CT molecular complexity index is 1040. The van der Waals surface area contributed by atoms with Crippen LogP contribution in [0.2, 0.25) is 0 Å². The van der Waals surface area contributed by atoms with E-state index in [0.717, 1.165) is 18.0 Å². The van der Waals surface area contributed by atoms with E-state index in [1.165, 1.54) is 31.2 Å². The Hall–Kier alpha value is -2.37. The molecule has 2 unspecified atom stereocenters. The minimum Gasteiger partial charge on any atom is -0.379 e. The van der Waals surface area contributed by atoms with Crippen molar-refractivity contribution in [1.29, 1.82) is 0 Å². The summed E-state index contributed by atoms with van der Waals surface area (Å²) in [4.78, 5) is 8.44. The molecule has 1 aromatic heterocycles. The van der Waals surface area contributed by atoms with Crippen LogP contribution < -0.4 is 11.1 Å². The zero-order valence-corrected chi connectivity index (χ0v) is 19.5. The van der Waals surface area contributed by atoms with E-state index in [9.17, 15) is 13.2 Å². The van der Waals surface area contributed by atoms with Crippen molar-refractivity contribution in [3.05, 3.63) is 65.4 Å². The summed E-state index contributed by atoms with van der Waals surface area (Å²) in [6.07, 6.45) is -0.0355. The van der Waals surface area contributed by atoms with Crippen LogP contribution >= 0.6 is 11.8 Å². The molecule has 4 rings (SSSR count). The number of epoxide rings is 1. The number of nitrogens with two attached hydrogens (primary N) is 1. The van der Waals surface area contributed by atoms with E-state index < -0.39 is 35.8 Å². The Morgan fingerprint density at radius 1 is 1.38 bits per heavy atom. The molecule has 5 atom stereocenters. The molecule has 3 aliphatic heterocycles. The van der Waals surface area contributed by atoms with Gasteiger partial charge in [-0.15, -0.1) is 0 Å². The Kier molecular flexibility index (Phi) is 6.80. The first-order chi connectivity index (χ1) is 16.0. The maximum absolute atomic E-state index is 16.2. The largest absolute Gasteiger partial charge is 0.379 e. The summed E-state index contributed by atoms with van der Waals surface area (Å²) in [6.45, 7) is 7.07. The molecule has 0 saturated carbocycles. The van der Waals surface area contributed by atoms with Gasteiger partial charge in [0.25, 0.3) is 6.43 Å². The SMILES string of the molecule is C=C(/C=C(\C=C(/C)F)NC1OC1c1ccc(C(F)F)cn1)[C@]12CO[C@@H](C)C[C@@]1(F)CSC(N)=N2. The summed E-state index contributed by atoms with van der Waals surface area (Å²) in [7, 11) is 0. The van der Waals surface area contributed by atoms with Crippen LogP contribution in [0.3, 0.4) is 0 Å². The molecular weight excluding hydrogens is 472 g/mol. The predicted octanol–water partition coefficient (Wildman–Crippen LogP) is 4.64. The topological polar surface area (TPSA) is 85.1 Å². The lowest BCUT2D eigenvalue weighted by atomic mass is 9.72. The van der Waals surface area contributed by atoms with Crippen LogP contribution in [0.25, 0.3) is 0 Å². The molecule has 4 heterocycles. The molecule has 3 aliphatic rings. The third kappa shape index (κ3) is 4.87. The molecule has 2 saturated heterocycles. The first-order valence-electron chi connectivity index (χ1n) is 10.7. The van der Waals surface area contributed by atoms with Crippen LogP contribution in [-0.2, 0) is 9.47 Å². The van der Waals surface area contributed by atoms with Crippen molar-refractivity contribution in [2.45, 2.75) is 56.3 Å². The van der Waals surface area contributed by atoms with Gasteiger partial charge in [0.05, 0.1) is 24.2 Å². The molecule has 34 heavy (non-hydrogen) atoms. The van der Waals surface area contributed by atoms with Gasteiger partial charge >= 0.3 is 0 Å². The Morgan fingerprint density at radius 3 is 2.79 bits per heavy atom. The minimum absolute atomic E-state index is 0.0458. The number of nitrogens with zero attached hydrogens (tertiary/aromatic N) is 2. The first kappa shape index (κ1) is 24.7. The van der Waals surface area contributed by atoms with E-state index in [1.54, 1.807) is 6.92 Å². The molecular formula is C23H26F4N4O2S. The van der Waals surface area contributed by atoms with Crippen molar-refractivity contribution >= 4 is 16.9 Å². The van der Waals surface area contributed by atoms with Crippen LogP contribution in [0.5, 0.6) is 0 Å². The van der Waals surface area contributed by atoms with Crippen molar-refractivity contribution in [3.8, 4) is 0 Å². The Labute approximate surface area is 199 Å². The zero-order chi connectivity index (χ0) is 24.7. The summed E-state index contributed by atoms with van der Waals surface area (Å²) in [5, 5.41) is 3.26. The third-order valence-electron chi connectivity index (χ3n) is 6.05. The normalized spacial score (nSPS) is 33.9. The van der Waals surface area contributed by atoms with E-state index in [4.69, 9.17) is 15.2 Å². The summed E-state index contributed by atoms with van der Waals surface area (Å²) < 4.78 is 66.8. The van der Waals surface area contributed by atoms with Crippen LogP contribution in [0.1, 0.15) is 44.1 Å². The minimum atomic E-state index is -2.61. The van der Waals surface area contributed by atoms with Crippen LogP contribution in [-0.4, -0.2) is 46.1 Å². The Balaban J connectivity index is 1.56. The number of hydrogen-bond acceptors (Lipinski definition) is 7. The van der Waals surface area contributed by atoms with E-state index in [-0.39, 0.29) is 46.9 Å². The predicted molar refractivity (Wildman–Crippen MR) is 123 cm³/mol. The van der Waals surface area contributed by atoms with Crippen molar-refractivity contribution in [2.75, 3.05) is 12.4 Å². The standard InChI is InChI=1S/C23H26F4N4O2S/c1-12(23-10-32-14(3)8-22(23,27)11-34-21(28)31-23)6-16(7-13(2)24)30-20-18(33-20)17-5-4-15(9-29-17)19(25)26/h4-7,9,14,18-20,30H,1,8,10-11H2,2-3H3,(H2,28,31)/b13-7+,16-6+/t14-,18?,20?,22+,23+/m0/s1. The zero-order valence-electron chi connectivity index (χ0n) is 18.7. The number of fused-ring (bicyclic) bond motifs is 1. The number of aliphatic imine (C=N–C) groups is 1. The fourth-order valence-electron chi connectivity index (χ4n) is 4.22. The summed E-state index contributed by atoms with van der Waals surface area (Å²) in [5.74, 6) is -0.388. The molecule has 0 radical (unpaired) electrons. The number of thioether (sulfide) groups is 1. The second-order valence-electron chi connectivity index (χ2n) is 8.68. The number of amidine groups is 1. The molecule has 0 aromatic carbocycles. The molecule has 1 aromatic rings. The van der Waals surface area contributed by atoms with Gasteiger partial charge in [-0.25, -0.2) is 22.6 Å². The number of ether oxygens (including phenoxy) is 2. The molecule has 3 N–H and O–H groups in total. The van der Waals surface area contributed by atoms with Gasteiger partial charge in [0, 0.05) is 29.6 Å². The molecule has 6 nitrogen and oxygen atoms in total. The molecule has 0 amide bonds. The van der Waals surface area contributed by atoms with Gasteiger partial charge < -0.3 is 20.5 Å². The second kappa shape index (κ2) is 9.35. The lowest BCUT2D eigenvalue weighted by Crippen LogP contribution is -2.63. The number of rotatable bonds is 7. The van der Waals surface area contributed by atoms with Crippen molar-refractivity contribution in [2.24, 2.45) is 10.7 Å². The van der Waals surface area contributed by atoms with E-state index >= 15 is 4.39 Å². The van der Waals surface area contributed by atoms with Crippen LogP contribution in [0.15, 0.2) is 59.1 Å². The maximum Gasteiger partial charge on any atom is 0.265 e. The number of allylic oxidation sites excluding steroid dienone is 2. The monoisotopic (exact) mass is 498 g/mol. The van der Waals surface area contributed by atoms with Gasteiger partial charge in [0.15, 0.2) is 17.1 Å². The lowest BCUT2D eigenvalue weighted by Gasteiger charge is -2.50. The third-order valence-corrected chi connectivity index (χ3v) is 7.04. The molecule has 0 bridgehead atoms. The molecule has 11 heteroatoms. The number of nitrogens with one attached hydrogen (secondary N) is 1. The number of hydrogen-bond donors (Lipinski definition) is 2. The van der Waals surface area contributed by atoms with E-state index in [0.29, 0.717) is 5.69 Å². The van der Waals surface area contributed by atoms with E-state index in [2.05, 4.69) is 21.9 Å². The fraction of sp³-hybridized carbons (Fsp3) is 0.478. The van der Waals surface area contributed by atoms with Gasteiger partial charge in [-0.3, -0.25) is 4.98 Å². The average molecular weight is 499 g/mol. The highest BCUT2D eigenvalue weighted by molar-refractivity contribution is 8.13. The maximum atomic E-state index is 16.2. The molecule has 0 spiro atoms. The molecule has 184 valence electrons.